The van der Waals surface area contributed by atoms with Gasteiger partial charge in [-0.3, -0.25) is 9.59 Å². The van der Waals surface area contributed by atoms with E-state index in [1.165, 1.54) is 0 Å². The number of Topliss-reactive ketones (excluding diaryl/α,β-unsaturated/α-hetero) is 1. The number of ketones is 1. The van der Waals surface area contributed by atoms with Gasteiger partial charge in [-0.15, -0.1) is 0 Å². The number of hydrogen-bond acceptors (Lipinski definition) is 3. The average Bonchev–Trinajstić information content (AvgIpc) is 2.16. The zero-order valence-electron chi connectivity index (χ0n) is 8.24. The molecule has 16 heavy (non-hydrogen) atoms. The second-order valence-corrected chi connectivity index (χ2v) is 3.26. The van der Waals surface area contributed by atoms with Crippen LogP contribution >= 0.6 is 0 Å². The van der Waals surface area contributed by atoms with Crippen molar-refractivity contribution in [2.45, 2.75) is 12.5 Å². The molecule has 6 heteroatoms. The lowest BCUT2D eigenvalue weighted by molar-refractivity contribution is -0.119. The predicted molar refractivity (Wildman–Crippen MR) is 52.5 cm³/mol. The van der Waals surface area contributed by atoms with Crippen molar-refractivity contribution in [1.82, 2.24) is 0 Å². The molecule has 4 N–H and O–H groups in total. The molecule has 0 aromatic heterocycles. The van der Waals surface area contributed by atoms with Gasteiger partial charge in [-0.25, -0.2) is 8.78 Å². The molecule has 0 fully saturated rings. The number of halogens is 2. The maximum absolute atomic E-state index is 13.1. The Kier molecular flexibility index (Phi) is 3.68. The number of amides is 1. The van der Waals surface area contributed by atoms with Gasteiger partial charge in [0.05, 0.1) is 11.6 Å². The highest BCUT2D eigenvalue weighted by atomic mass is 19.1. The SMILES string of the molecule is NC(=O)C(N)CC(=O)c1ccc(F)cc1F. The molecule has 1 unspecified atom stereocenters. The Morgan fingerprint density at radius 3 is 2.44 bits per heavy atom. The van der Waals surface area contributed by atoms with Crippen LogP contribution in [-0.4, -0.2) is 17.7 Å². The van der Waals surface area contributed by atoms with Crippen molar-refractivity contribution in [2.75, 3.05) is 0 Å². The summed E-state index contributed by atoms with van der Waals surface area (Å²) in [7, 11) is 0. The third-order valence-corrected chi connectivity index (χ3v) is 2.00. The van der Waals surface area contributed by atoms with Gasteiger partial charge in [-0.1, -0.05) is 0 Å². The van der Waals surface area contributed by atoms with Crippen molar-refractivity contribution < 1.29 is 18.4 Å². The Balaban J connectivity index is 2.85. The molecule has 0 spiro atoms. The number of carbonyl (C=O) groups excluding carboxylic acids is 2. The van der Waals surface area contributed by atoms with Gasteiger partial charge in [0.25, 0.3) is 0 Å². The molecule has 86 valence electrons. The van der Waals surface area contributed by atoms with E-state index >= 15 is 0 Å². The van der Waals surface area contributed by atoms with Crippen LogP contribution in [0.1, 0.15) is 16.8 Å². The van der Waals surface area contributed by atoms with Gasteiger partial charge >= 0.3 is 0 Å². The minimum atomic E-state index is -1.17. The fourth-order valence-electron chi connectivity index (χ4n) is 1.13. The molecule has 0 bridgehead atoms. The van der Waals surface area contributed by atoms with Gasteiger partial charge in [-0.2, -0.15) is 0 Å². The van der Waals surface area contributed by atoms with Gasteiger partial charge in [-0.05, 0) is 12.1 Å². The monoisotopic (exact) mass is 228 g/mol. The Bertz CT molecular complexity index is 435. The van der Waals surface area contributed by atoms with Gasteiger partial charge in [0.15, 0.2) is 5.78 Å². The molecule has 0 aliphatic carbocycles. The fourth-order valence-corrected chi connectivity index (χ4v) is 1.13. The number of hydrogen-bond donors (Lipinski definition) is 2. The highest BCUT2D eigenvalue weighted by Gasteiger charge is 2.18. The summed E-state index contributed by atoms with van der Waals surface area (Å²) >= 11 is 0. The van der Waals surface area contributed by atoms with Crippen LogP contribution in [0.5, 0.6) is 0 Å². The highest BCUT2D eigenvalue weighted by Crippen LogP contribution is 2.12. The van der Waals surface area contributed by atoms with E-state index in [2.05, 4.69) is 0 Å². The van der Waals surface area contributed by atoms with Crippen molar-refractivity contribution in [3.8, 4) is 0 Å². The molecule has 1 atom stereocenters. The van der Waals surface area contributed by atoms with Crippen molar-refractivity contribution >= 4 is 11.7 Å². The fraction of sp³-hybridized carbons (Fsp3) is 0.200. The van der Waals surface area contributed by atoms with Crippen LogP contribution in [0.25, 0.3) is 0 Å². The standard InChI is InChI=1S/C10H10F2N2O2/c11-5-1-2-6(7(12)3-5)9(15)4-8(13)10(14)16/h1-3,8H,4,13H2,(H2,14,16). The molecule has 0 heterocycles. The lowest BCUT2D eigenvalue weighted by Gasteiger charge is -2.06. The Labute approximate surface area is 90.2 Å². The Morgan fingerprint density at radius 2 is 1.94 bits per heavy atom. The minimum Gasteiger partial charge on any atom is -0.368 e. The molecule has 0 aliphatic heterocycles. The number of benzene rings is 1. The van der Waals surface area contributed by atoms with Crippen molar-refractivity contribution in [1.29, 1.82) is 0 Å². The summed E-state index contributed by atoms with van der Waals surface area (Å²) in [6.07, 6.45) is -0.405. The third kappa shape index (κ3) is 2.83. The largest absolute Gasteiger partial charge is 0.368 e. The van der Waals surface area contributed by atoms with E-state index in [0.29, 0.717) is 6.07 Å². The van der Waals surface area contributed by atoms with Gasteiger partial charge in [0.1, 0.15) is 11.6 Å². The highest BCUT2D eigenvalue weighted by molar-refractivity contribution is 5.99. The van der Waals surface area contributed by atoms with E-state index in [-0.39, 0.29) is 5.56 Å². The third-order valence-electron chi connectivity index (χ3n) is 2.00. The normalized spacial score (nSPS) is 12.2. The molecule has 0 saturated heterocycles. The van der Waals surface area contributed by atoms with E-state index in [0.717, 1.165) is 12.1 Å². The van der Waals surface area contributed by atoms with Crippen molar-refractivity contribution in [2.24, 2.45) is 11.5 Å². The van der Waals surface area contributed by atoms with Crippen LogP contribution in [0, 0.1) is 11.6 Å². The summed E-state index contributed by atoms with van der Waals surface area (Å²) in [5.74, 6) is -3.31. The first-order valence-electron chi connectivity index (χ1n) is 4.45. The van der Waals surface area contributed by atoms with Crippen molar-refractivity contribution in [3.63, 3.8) is 0 Å². The molecular formula is C10H10F2N2O2. The zero-order chi connectivity index (χ0) is 12.3. The molecule has 0 aliphatic rings. The molecule has 0 radical (unpaired) electrons. The van der Waals surface area contributed by atoms with Gasteiger partial charge < -0.3 is 11.5 Å². The van der Waals surface area contributed by atoms with Crippen LogP contribution in [-0.2, 0) is 4.79 Å². The molecule has 1 rings (SSSR count). The molecule has 0 saturated carbocycles. The van der Waals surface area contributed by atoms with Crippen LogP contribution < -0.4 is 11.5 Å². The first-order valence-corrected chi connectivity index (χ1v) is 4.45. The van der Waals surface area contributed by atoms with Crippen LogP contribution in [0.15, 0.2) is 18.2 Å². The van der Waals surface area contributed by atoms with Crippen LogP contribution in [0.4, 0.5) is 8.78 Å². The topological polar surface area (TPSA) is 86.2 Å². The summed E-state index contributed by atoms with van der Waals surface area (Å²) in [6, 6.07) is 1.37. The summed E-state index contributed by atoms with van der Waals surface area (Å²) < 4.78 is 25.7. The number of primary amides is 1. The van der Waals surface area contributed by atoms with E-state index in [9.17, 15) is 18.4 Å². The first-order chi connectivity index (χ1) is 7.41. The number of rotatable bonds is 4. The summed E-state index contributed by atoms with van der Waals surface area (Å²) in [5, 5.41) is 0. The van der Waals surface area contributed by atoms with E-state index < -0.39 is 35.8 Å². The molecular weight excluding hydrogens is 218 g/mol. The summed E-state index contributed by atoms with van der Waals surface area (Å²) in [5.41, 5.74) is 9.79. The maximum Gasteiger partial charge on any atom is 0.234 e. The van der Waals surface area contributed by atoms with Crippen LogP contribution in [0.3, 0.4) is 0 Å². The maximum atomic E-state index is 13.1. The minimum absolute atomic E-state index is 0.307. The number of carbonyl (C=O) groups is 2. The quantitative estimate of drug-likeness (QED) is 0.729. The lowest BCUT2D eigenvalue weighted by Crippen LogP contribution is -2.38. The second-order valence-electron chi connectivity index (χ2n) is 3.26. The van der Waals surface area contributed by atoms with Gasteiger partial charge in [0, 0.05) is 12.5 Å². The van der Waals surface area contributed by atoms with E-state index in [1.54, 1.807) is 0 Å². The second kappa shape index (κ2) is 4.80. The predicted octanol–water partition coefficient (Wildman–Crippen LogP) is 0.350. The molecule has 4 nitrogen and oxygen atoms in total. The summed E-state index contributed by atoms with van der Waals surface area (Å²) in [4.78, 5) is 22.0. The number of nitrogens with two attached hydrogens (primary N) is 2. The van der Waals surface area contributed by atoms with Crippen molar-refractivity contribution in [3.05, 3.63) is 35.4 Å². The Morgan fingerprint density at radius 1 is 1.31 bits per heavy atom. The average molecular weight is 228 g/mol. The van der Waals surface area contributed by atoms with E-state index in [1.807, 2.05) is 0 Å². The molecule has 1 aromatic carbocycles. The Hall–Kier alpha value is -1.82. The van der Waals surface area contributed by atoms with E-state index in [4.69, 9.17) is 11.5 Å². The zero-order valence-corrected chi connectivity index (χ0v) is 8.24. The molecule has 1 amide bonds. The smallest absolute Gasteiger partial charge is 0.234 e. The first kappa shape index (κ1) is 12.3. The lowest BCUT2D eigenvalue weighted by atomic mass is 10.0. The summed E-state index contributed by atoms with van der Waals surface area (Å²) in [6.45, 7) is 0. The molecule has 1 aromatic rings. The van der Waals surface area contributed by atoms with Gasteiger partial charge in [0.2, 0.25) is 5.91 Å². The van der Waals surface area contributed by atoms with Crippen LogP contribution in [0.2, 0.25) is 0 Å².